The van der Waals surface area contributed by atoms with E-state index in [1.54, 1.807) is 4.90 Å². The molecule has 2 fully saturated rings. The van der Waals surface area contributed by atoms with Gasteiger partial charge in [0.2, 0.25) is 0 Å². The topological polar surface area (TPSA) is 76.5 Å². The number of carbonyl (C=O) groups excluding carboxylic acids is 2. The Balaban J connectivity index is 1.60. The Bertz CT molecular complexity index is 658. The lowest BCUT2D eigenvalue weighted by atomic mass is 10.1. The van der Waals surface area contributed by atoms with Crippen LogP contribution in [0.2, 0.25) is 0 Å². The highest BCUT2D eigenvalue weighted by atomic mass is 16.5. The number of hydrogen-bond acceptors (Lipinski definition) is 4. The number of amides is 2. The molecule has 0 unspecified atom stereocenters. The lowest BCUT2D eigenvalue weighted by Crippen LogP contribution is -2.41. The van der Waals surface area contributed by atoms with Gasteiger partial charge in [-0.3, -0.25) is 9.59 Å². The van der Waals surface area contributed by atoms with Gasteiger partial charge in [0.1, 0.15) is 5.69 Å². The SMILES string of the molecule is O=C(NC1CCCC1)c1nc(C(=O)N2CCOCC2)c2n1CCCC2. The summed E-state index contributed by atoms with van der Waals surface area (Å²) in [6, 6.07) is 0.252. The standard InChI is InChI=1S/C18H26N4O3/c23-17(19-13-5-1-2-6-13)16-20-15(14-7-3-4-8-22(14)16)18(24)21-9-11-25-12-10-21/h13H,1-12H2,(H,19,23). The summed E-state index contributed by atoms with van der Waals surface area (Å²) >= 11 is 0. The van der Waals surface area contributed by atoms with Gasteiger partial charge in [-0.2, -0.15) is 0 Å². The van der Waals surface area contributed by atoms with Crippen LogP contribution in [0.1, 0.15) is 65.3 Å². The second-order valence-corrected chi connectivity index (χ2v) is 7.20. The number of aromatic nitrogens is 2. The van der Waals surface area contributed by atoms with Gasteiger partial charge >= 0.3 is 0 Å². The summed E-state index contributed by atoms with van der Waals surface area (Å²) in [6.45, 7) is 3.09. The fourth-order valence-electron chi connectivity index (χ4n) is 4.12. The van der Waals surface area contributed by atoms with Gasteiger partial charge in [-0.15, -0.1) is 0 Å². The Morgan fingerprint density at radius 2 is 1.80 bits per heavy atom. The Hall–Kier alpha value is -1.89. The van der Waals surface area contributed by atoms with Gasteiger partial charge in [0.15, 0.2) is 5.82 Å². The first kappa shape index (κ1) is 16.6. The molecule has 3 heterocycles. The number of morpholine rings is 1. The van der Waals surface area contributed by atoms with Crippen LogP contribution in [-0.2, 0) is 17.7 Å². The Morgan fingerprint density at radius 1 is 1.04 bits per heavy atom. The van der Waals surface area contributed by atoms with E-state index in [0.29, 0.717) is 37.8 Å². The maximum Gasteiger partial charge on any atom is 0.287 e. The summed E-state index contributed by atoms with van der Waals surface area (Å²) in [5.41, 5.74) is 1.40. The van der Waals surface area contributed by atoms with Gasteiger partial charge in [0, 0.05) is 25.7 Å². The number of ether oxygens (including phenoxy) is 1. The highest BCUT2D eigenvalue weighted by molar-refractivity contribution is 5.97. The van der Waals surface area contributed by atoms with Crippen molar-refractivity contribution in [1.29, 1.82) is 0 Å². The van der Waals surface area contributed by atoms with Crippen LogP contribution >= 0.6 is 0 Å². The molecule has 2 aliphatic heterocycles. The van der Waals surface area contributed by atoms with Crippen molar-refractivity contribution in [2.45, 2.75) is 57.5 Å². The molecule has 0 atom stereocenters. The van der Waals surface area contributed by atoms with Crippen LogP contribution in [0.15, 0.2) is 0 Å². The van der Waals surface area contributed by atoms with Crippen molar-refractivity contribution < 1.29 is 14.3 Å². The molecule has 1 N–H and O–H groups in total. The summed E-state index contributed by atoms with van der Waals surface area (Å²) in [6.07, 6.45) is 7.31. The quantitative estimate of drug-likeness (QED) is 0.897. The second-order valence-electron chi connectivity index (χ2n) is 7.20. The van der Waals surface area contributed by atoms with Gasteiger partial charge < -0.3 is 19.5 Å². The zero-order chi connectivity index (χ0) is 17.2. The van der Waals surface area contributed by atoms with E-state index in [4.69, 9.17) is 4.74 Å². The van der Waals surface area contributed by atoms with E-state index in [-0.39, 0.29) is 17.9 Å². The van der Waals surface area contributed by atoms with Crippen molar-refractivity contribution in [2.75, 3.05) is 26.3 Å². The third-order valence-electron chi connectivity index (χ3n) is 5.51. The summed E-state index contributed by atoms with van der Waals surface area (Å²) in [4.78, 5) is 32.0. The third-order valence-corrected chi connectivity index (χ3v) is 5.51. The monoisotopic (exact) mass is 346 g/mol. The molecule has 3 aliphatic rings. The predicted octanol–water partition coefficient (Wildman–Crippen LogP) is 1.36. The number of imidazole rings is 1. The highest BCUT2D eigenvalue weighted by Gasteiger charge is 2.31. The second kappa shape index (κ2) is 7.15. The van der Waals surface area contributed by atoms with E-state index in [1.807, 2.05) is 4.57 Å². The number of nitrogens with zero attached hydrogens (tertiary/aromatic N) is 3. The van der Waals surface area contributed by atoms with Crippen molar-refractivity contribution in [3.63, 3.8) is 0 Å². The number of nitrogens with one attached hydrogen (secondary N) is 1. The molecule has 1 saturated carbocycles. The summed E-state index contributed by atoms with van der Waals surface area (Å²) in [5, 5.41) is 3.11. The van der Waals surface area contributed by atoms with Crippen LogP contribution in [0.3, 0.4) is 0 Å². The molecule has 1 saturated heterocycles. The van der Waals surface area contributed by atoms with E-state index in [0.717, 1.165) is 44.3 Å². The molecule has 1 aliphatic carbocycles. The smallest absolute Gasteiger partial charge is 0.287 e. The average Bonchev–Trinajstić information content (AvgIpc) is 3.29. The highest BCUT2D eigenvalue weighted by Crippen LogP contribution is 2.24. The first-order valence-corrected chi connectivity index (χ1v) is 9.51. The molecule has 4 rings (SSSR count). The molecule has 0 bridgehead atoms. The van der Waals surface area contributed by atoms with Crippen LogP contribution in [0.25, 0.3) is 0 Å². The van der Waals surface area contributed by atoms with Crippen molar-refractivity contribution in [2.24, 2.45) is 0 Å². The number of hydrogen-bond donors (Lipinski definition) is 1. The normalized spacial score (nSPS) is 21.2. The van der Waals surface area contributed by atoms with Crippen molar-refractivity contribution in [1.82, 2.24) is 19.8 Å². The van der Waals surface area contributed by atoms with Crippen molar-refractivity contribution >= 4 is 11.8 Å². The van der Waals surface area contributed by atoms with Gasteiger partial charge in [-0.05, 0) is 32.1 Å². The fraction of sp³-hybridized carbons (Fsp3) is 0.722. The van der Waals surface area contributed by atoms with Crippen LogP contribution in [0.5, 0.6) is 0 Å². The minimum atomic E-state index is -0.129. The van der Waals surface area contributed by atoms with Crippen molar-refractivity contribution in [3.05, 3.63) is 17.2 Å². The molecule has 2 amide bonds. The summed E-state index contributed by atoms with van der Waals surface area (Å²) < 4.78 is 7.31. The molecule has 136 valence electrons. The molecule has 0 aromatic carbocycles. The minimum absolute atomic E-state index is 0.0612. The molecule has 7 heteroatoms. The van der Waals surface area contributed by atoms with E-state index < -0.39 is 0 Å². The molecule has 1 aromatic heterocycles. The summed E-state index contributed by atoms with van der Waals surface area (Å²) in [7, 11) is 0. The zero-order valence-corrected chi connectivity index (χ0v) is 14.6. The van der Waals surface area contributed by atoms with E-state index in [2.05, 4.69) is 10.3 Å². The largest absolute Gasteiger partial charge is 0.378 e. The molecule has 0 radical (unpaired) electrons. The molecule has 1 aromatic rings. The maximum absolute atomic E-state index is 12.9. The first-order valence-electron chi connectivity index (χ1n) is 9.51. The lowest BCUT2D eigenvalue weighted by Gasteiger charge is -2.26. The van der Waals surface area contributed by atoms with Crippen molar-refractivity contribution in [3.8, 4) is 0 Å². The number of fused-ring (bicyclic) bond motifs is 1. The molecule has 0 spiro atoms. The van der Waals surface area contributed by atoms with Crippen LogP contribution in [-0.4, -0.2) is 58.6 Å². The Kier molecular flexibility index (Phi) is 4.74. The third kappa shape index (κ3) is 3.29. The van der Waals surface area contributed by atoms with Gasteiger partial charge in [-0.25, -0.2) is 4.98 Å². The van der Waals surface area contributed by atoms with Crippen LogP contribution in [0, 0.1) is 0 Å². The Labute approximate surface area is 147 Å². The van der Waals surface area contributed by atoms with E-state index in [1.165, 1.54) is 12.8 Å². The minimum Gasteiger partial charge on any atom is -0.378 e. The Morgan fingerprint density at radius 3 is 2.56 bits per heavy atom. The molecular formula is C18H26N4O3. The number of carbonyl (C=O) groups is 2. The fourth-order valence-corrected chi connectivity index (χ4v) is 4.12. The molecule has 25 heavy (non-hydrogen) atoms. The van der Waals surface area contributed by atoms with Crippen LogP contribution < -0.4 is 5.32 Å². The zero-order valence-electron chi connectivity index (χ0n) is 14.6. The van der Waals surface area contributed by atoms with Gasteiger partial charge in [0.05, 0.1) is 18.9 Å². The lowest BCUT2D eigenvalue weighted by molar-refractivity contribution is 0.0298. The molecule has 7 nitrogen and oxygen atoms in total. The van der Waals surface area contributed by atoms with Gasteiger partial charge in [-0.1, -0.05) is 12.8 Å². The van der Waals surface area contributed by atoms with E-state index >= 15 is 0 Å². The van der Waals surface area contributed by atoms with Crippen LogP contribution in [0.4, 0.5) is 0 Å². The summed E-state index contributed by atoms with van der Waals surface area (Å²) in [5.74, 6) is 0.225. The molecular weight excluding hydrogens is 320 g/mol. The average molecular weight is 346 g/mol. The number of rotatable bonds is 3. The van der Waals surface area contributed by atoms with Gasteiger partial charge in [0.25, 0.3) is 11.8 Å². The maximum atomic E-state index is 12.9. The first-order chi connectivity index (χ1) is 12.2. The predicted molar refractivity (Wildman–Crippen MR) is 91.6 cm³/mol. The van der Waals surface area contributed by atoms with E-state index in [9.17, 15) is 9.59 Å².